The minimum atomic E-state index is 0.645. The van der Waals surface area contributed by atoms with E-state index in [1.807, 2.05) is 0 Å². The van der Waals surface area contributed by atoms with Crippen LogP contribution in [0.3, 0.4) is 0 Å². The molecule has 122 valence electrons. The monoisotopic (exact) mass is 636 g/mol. The molecule has 0 aromatic heterocycles. The highest BCUT2D eigenvalue weighted by atomic mass is 127. The molecule has 0 saturated carbocycles. The average molecular weight is 636 g/mol. The Morgan fingerprint density at radius 1 is 0.909 bits per heavy atom. The van der Waals surface area contributed by atoms with Gasteiger partial charge in [0.05, 0.1) is 7.14 Å². The van der Waals surface area contributed by atoms with Crippen molar-refractivity contribution in [1.82, 2.24) is 0 Å². The average Bonchev–Trinajstić information content (AvgIpc) is 2.46. The van der Waals surface area contributed by atoms with Crippen LogP contribution in [0.15, 0.2) is 23.3 Å². The van der Waals surface area contributed by atoms with Gasteiger partial charge >= 0.3 is 0 Å². The van der Waals surface area contributed by atoms with Gasteiger partial charge in [0.25, 0.3) is 0 Å². The minimum Gasteiger partial charge on any atom is -0.487 e. The Bertz CT molecular complexity index is 568. The van der Waals surface area contributed by atoms with Crippen LogP contribution in [0.2, 0.25) is 0 Å². The normalized spacial score (nSPS) is 11.5. The number of hydrogen-bond acceptors (Lipinski definition) is 1. The van der Waals surface area contributed by atoms with Crippen molar-refractivity contribution in [2.24, 2.45) is 0 Å². The van der Waals surface area contributed by atoms with E-state index < -0.39 is 0 Å². The van der Waals surface area contributed by atoms with Crippen LogP contribution in [-0.4, -0.2) is 6.61 Å². The van der Waals surface area contributed by atoms with Crippen molar-refractivity contribution < 1.29 is 4.74 Å². The lowest BCUT2D eigenvalue weighted by atomic mass is 10.1. The number of benzene rings is 1. The summed E-state index contributed by atoms with van der Waals surface area (Å²) in [5.74, 6) is 1.03. The first-order valence-corrected chi connectivity index (χ1v) is 10.5. The van der Waals surface area contributed by atoms with Gasteiger partial charge in [-0.25, -0.2) is 0 Å². The lowest BCUT2D eigenvalue weighted by Gasteiger charge is -2.15. The Balaban J connectivity index is 2.75. The van der Waals surface area contributed by atoms with Gasteiger partial charge in [0.15, 0.2) is 0 Å². The summed E-state index contributed by atoms with van der Waals surface area (Å²) in [5.41, 5.74) is 5.41. The van der Waals surface area contributed by atoms with Gasteiger partial charge in [-0.15, -0.1) is 0 Å². The molecule has 0 N–H and O–H groups in total. The standard InChI is InChI=1S/C18H23I3O/c1-11(2)7-6-8-12(3)9-10-22-18-16(20)13(4)15(19)14(5)17(18)21/h7,9H,6,8,10H2,1-5H3/b12-9+. The second-order valence-electron chi connectivity index (χ2n) is 5.70. The Hall–Kier alpha value is 0.690. The van der Waals surface area contributed by atoms with Gasteiger partial charge in [-0.3, -0.25) is 0 Å². The summed E-state index contributed by atoms with van der Waals surface area (Å²) in [6, 6.07) is 0. The lowest BCUT2D eigenvalue weighted by Crippen LogP contribution is -2.04. The molecule has 1 aromatic carbocycles. The molecule has 0 aliphatic rings. The second-order valence-corrected chi connectivity index (χ2v) is 8.94. The van der Waals surface area contributed by atoms with E-state index in [0.717, 1.165) is 18.6 Å². The molecule has 0 spiro atoms. The number of halogens is 3. The molecular formula is C18H23I3O. The fourth-order valence-electron chi connectivity index (χ4n) is 2.00. The van der Waals surface area contributed by atoms with Crippen LogP contribution < -0.4 is 4.74 Å². The van der Waals surface area contributed by atoms with E-state index in [4.69, 9.17) is 4.74 Å². The van der Waals surface area contributed by atoms with Gasteiger partial charge < -0.3 is 4.74 Å². The maximum atomic E-state index is 6.07. The van der Waals surface area contributed by atoms with Crippen LogP contribution in [0.25, 0.3) is 0 Å². The molecule has 0 saturated heterocycles. The number of hydrogen-bond donors (Lipinski definition) is 0. The molecular weight excluding hydrogens is 613 g/mol. The predicted octanol–water partition coefficient (Wildman–Crippen LogP) is 7.19. The molecule has 22 heavy (non-hydrogen) atoms. The minimum absolute atomic E-state index is 0.645. The fraction of sp³-hybridized carbons (Fsp3) is 0.444. The Labute approximate surface area is 175 Å². The maximum absolute atomic E-state index is 6.07. The Morgan fingerprint density at radius 2 is 1.45 bits per heavy atom. The first-order valence-electron chi connectivity index (χ1n) is 7.31. The second kappa shape index (κ2) is 9.86. The molecule has 0 unspecified atom stereocenters. The van der Waals surface area contributed by atoms with E-state index >= 15 is 0 Å². The Kier molecular flexibility index (Phi) is 9.29. The van der Waals surface area contributed by atoms with E-state index in [9.17, 15) is 0 Å². The van der Waals surface area contributed by atoms with Crippen LogP contribution in [0.5, 0.6) is 5.75 Å². The zero-order valence-electron chi connectivity index (χ0n) is 13.8. The van der Waals surface area contributed by atoms with Gasteiger partial charge in [-0.05, 0) is 132 Å². The molecule has 0 radical (unpaired) electrons. The maximum Gasteiger partial charge on any atom is 0.147 e. The molecule has 0 amide bonds. The van der Waals surface area contributed by atoms with Crippen molar-refractivity contribution in [1.29, 1.82) is 0 Å². The highest BCUT2D eigenvalue weighted by Gasteiger charge is 2.16. The van der Waals surface area contributed by atoms with Crippen molar-refractivity contribution in [2.75, 3.05) is 6.61 Å². The third-order valence-corrected chi connectivity index (χ3v) is 7.68. The summed E-state index contributed by atoms with van der Waals surface area (Å²) in [5, 5.41) is 0. The van der Waals surface area contributed by atoms with E-state index in [2.05, 4.69) is 115 Å². The Morgan fingerprint density at radius 3 is 1.95 bits per heavy atom. The van der Waals surface area contributed by atoms with E-state index in [0.29, 0.717) is 6.61 Å². The van der Waals surface area contributed by atoms with Gasteiger partial charge in [-0.2, -0.15) is 0 Å². The van der Waals surface area contributed by atoms with Crippen LogP contribution in [0.4, 0.5) is 0 Å². The van der Waals surface area contributed by atoms with Crippen LogP contribution in [-0.2, 0) is 0 Å². The van der Waals surface area contributed by atoms with Crippen molar-refractivity contribution in [2.45, 2.75) is 47.5 Å². The number of rotatable bonds is 6. The van der Waals surface area contributed by atoms with Gasteiger partial charge in [-0.1, -0.05) is 17.2 Å². The molecule has 4 heteroatoms. The molecule has 0 fully saturated rings. The summed E-state index contributed by atoms with van der Waals surface area (Å²) in [6.45, 7) is 11.5. The zero-order valence-corrected chi connectivity index (χ0v) is 20.3. The van der Waals surface area contributed by atoms with Crippen molar-refractivity contribution in [3.63, 3.8) is 0 Å². The van der Waals surface area contributed by atoms with E-state index in [-0.39, 0.29) is 0 Å². The van der Waals surface area contributed by atoms with Crippen LogP contribution in [0.1, 0.15) is 44.7 Å². The lowest BCUT2D eigenvalue weighted by molar-refractivity contribution is 0.355. The fourth-order valence-corrected chi connectivity index (χ4v) is 5.47. The highest BCUT2D eigenvalue weighted by molar-refractivity contribution is 14.1. The molecule has 1 aromatic rings. The van der Waals surface area contributed by atoms with Gasteiger partial charge in [0, 0.05) is 3.57 Å². The SMILES string of the molecule is CC(C)=CCC/C(C)=C/COc1c(I)c(C)c(I)c(C)c1I. The summed E-state index contributed by atoms with van der Waals surface area (Å²) in [7, 11) is 0. The van der Waals surface area contributed by atoms with Gasteiger partial charge in [0.1, 0.15) is 12.4 Å². The molecule has 0 atom stereocenters. The summed E-state index contributed by atoms with van der Waals surface area (Å²) in [4.78, 5) is 0. The highest BCUT2D eigenvalue weighted by Crippen LogP contribution is 2.36. The van der Waals surface area contributed by atoms with Crippen molar-refractivity contribution in [3.05, 3.63) is 45.1 Å². The van der Waals surface area contributed by atoms with E-state index in [1.165, 1.54) is 33.0 Å². The molecule has 0 aliphatic carbocycles. The predicted molar refractivity (Wildman–Crippen MR) is 122 cm³/mol. The smallest absolute Gasteiger partial charge is 0.147 e. The topological polar surface area (TPSA) is 9.23 Å². The number of ether oxygens (including phenoxy) is 1. The van der Waals surface area contributed by atoms with Crippen molar-refractivity contribution in [3.8, 4) is 5.75 Å². The van der Waals surface area contributed by atoms with Crippen molar-refractivity contribution >= 4 is 67.8 Å². The molecule has 0 heterocycles. The first-order chi connectivity index (χ1) is 10.3. The molecule has 0 aliphatic heterocycles. The van der Waals surface area contributed by atoms with Crippen LogP contribution in [0, 0.1) is 24.6 Å². The quantitative estimate of drug-likeness (QED) is 0.238. The first kappa shape index (κ1) is 20.7. The third kappa shape index (κ3) is 5.96. The molecule has 1 nitrogen and oxygen atoms in total. The molecule has 1 rings (SSSR count). The third-order valence-electron chi connectivity index (χ3n) is 3.47. The number of allylic oxidation sites excluding steroid dienone is 3. The van der Waals surface area contributed by atoms with Gasteiger partial charge in [0.2, 0.25) is 0 Å². The summed E-state index contributed by atoms with van der Waals surface area (Å²) < 4.78 is 9.87. The van der Waals surface area contributed by atoms with E-state index in [1.54, 1.807) is 0 Å². The summed E-state index contributed by atoms with van der Waals surface area (Å²) >= 11 is 7.22. The largest absolute Gasteiger partial charge is 0.487 e. The zero-order chi connectivity index (χ0) is 16.9. The summed E-state index contributed by atoms with van der Waals surface area (Å²) in [6.07, 6.45) is 6.71. The molecule has 0 bridgehead atoms. The van der Waals surface area contributed by atoms with Crippen LogP contribution >= 0.6 is 67.8 Å².